The fourth-order valence-corrected chi connectivity index (χ4v) is 3.99. The average molecular weight is 404 g/mol. The Morgan fingerprint density at radius 2 is 2.00 bits per heavy atom. The van der Waals surface area contributed by atoms with Crippen molar-refractivity contribution in [2.75, 3.05) is 10.6 Å². The van der Waals surface area contributed by atoms with Crippen molar-refractivity contribution >= 4 is 28.1 Å². The predicted octanol–water partition coefficient (Wildman–Crippen LogP) is 5.20. The van der Waals surface area contributed by atoms with Crippen molar-refractivity contribution in [1.82, 2.24) is 9.97 Å². The molecule has 146 valence electrons. The topological polar surface area (TPSA) is 80.0 Å². The van der Waals surface area contributed by atoms with Gasteiger partial charge in [-0.05, 0) is 56.3 Å². The minimum absolute atomic E-state index is 0.268. The number of carbonyl (C=O) groups excluding carboxylic acids is 1. The second-order valence-corrected chi connectivity index (χ2v) is 7.83. The van der Waals surface area contributed by atoms with Crippen LogP contribution >= 0.6 is 11.3 Å². The molecule has 0 aliphatic rings. The van der Waals surface area contributed by atoms with Crippen LogP contribution in [-0.4, -0.2) is 15.9 Å². The average Bonchev–Trinajstić information content (AvgIpc) is 3.37. The summed E-state index contributed by atoms with van der Waals surface area (Å²) in [5.41, 5.74) is 2.68. The number of thiophene rings is 1. The van der Waals surface area contributed by atoms with Crippen molar-refractivity contribution in [3.8, 4) is 0 Å². The van der Waals surface area contributed by atoms with E-state index in [9.17, 15) is 4.79 Å². The van der Waals surface area contributed by atoms with Gasteiger partial charge in [-0.3, -0.25) is 9.78 Å². The van der Waals surface area contributed by atoms with Crippen LogP contribution in [0.15, 0.2) is 71.5 Å². The number of amides is 1. The zero-order valence-electron chi connectivity index (χ0n) is 16.0. The van der Waals surface area contributed by atoms with Crippen molar-refractivity contribution in [2.45, 2.75) is 19.9 Å². The van der Waals surface area contributed by atoms with Gasteiger partial charge in [-0.1, -0.05) is 12.1 Å². The first-order valence-corrected chi connectivity index (χ1v) is 9.98. The molecule has 0 aromatic carbocycles. The molecule has 0 aliphatic carbocycles. The van der Waals surface area contributed by atoms with Gasteiger partial charge < -0.3 is 15.1 Å². The van der Waals surface area contributed by atoms with E-state index < -0.39 is 0 Å². The summed E-state index contributed by atoms with van der Waals surface area (Å²) in [6.07, 6.45) is 3.24. The Balaban J connectivity index is 1.72. The molecule has 0 spiro atoms. The Hall–Kier alpha value is -3.45. The third-order valence-electron chi connectivity index (χ3n) is 4.33. The van der Waals surface area contributed by atoms with E-state index in [0.29, 0.717) is 0 Å². The zero-order valence-corrected chi connectivity index (χ0v) is 16.9. The molecular formula is C22H20N4O2S. The van der Waals surface area contributed by atoms with Crippen molar-refractivity contribution in [3.05, 3.63) is 94.6 Å². The molecule has 0 bridgehead atoms. The quantitative estimate of drug-likeness (QED) is 0.462. The van der Waals surface area contributed by atoms with Crippen molar-refractivity contribution < 1.29 is 9.21 Å². The SMILES string of the molecule is Cc1cccc(N[C@H](c2ccccn2)c2cc(C)sc2NC(=O)c2ccco2)n1. The van der Waals surface area contributed by atoms with Gasteiger partial charge in [0.05, 0.1) is 18.0 Å². The first kappa shape index (κ1) is 18.9. The van der Waals surface area contributed by atoms with Gasteiger partial charge in [-0.25, -0.2) is 4.98 Å². The number of anilines is 2. The van der Waals surface area contributed by atoms with E-state index in [1.54, 1.807) is 18.3 Å². The molecular weight excluding hydrogens is 384 g/mol. The van der Waals surface area contributed by atoms with Crippen molar-refractivity contribution in [3.63, 3.8) is 0 Å². The highest BCUT2D eigenvalue weighted by atomic mass is 32.1. The van der Waals surface area contributed by atoms with Gasteiger partial charge in [0.2, 0.25) is 0 Å². The Kier molecular flexibility index (Phi) is 5.39. The van der Waals surface area contributed by atoms with Gasteiger partial charge in [0.25, 0.3) is 5.91 Å². The van der Waals surface area contributed by atoms with E-state index in [1.165, 1.54) is 17.6 Å². The number of hydrogen-bond donors (Lipinski definition) is 2. The second-order valence-electron chi connectivity index (χ2n) is 6.57. The lowest BCUT2D eigenvalue weighted by Gasteiger charge is -2.20. The van der Waals surface area contributed by atoms with Crippen LogP contribution in [-0.2, 0) is 0 Å². The van der Waals surface area contributed by atoms with E-state index in [4.69, 9.17) is 4.42 Å². The van der Waals surface area contributed by atoms with Crippen molar-refractivity contribution in [2.24, 2.45) is 0 Å². The fourth-order valence-electron chi connectivity index (χ4n) is 3.05. The second kappa shape index (κ2) is 8.28. The van der Waals surface area contributed by atoms with Gasteiger partial charge in [0, 0.05) is 22.3 Å². The van der Waals surface area contributed by atoms with Crippen molar-refractivity contribution in [1.29, 1.82) is 0 Å². The maximum absolute atomic E-state index is 12.6. The molecule has 2 N–H and O–H groups in total. The highest BCUT2D eigenvalue weighted by molar-refractivity contribution is 7.16. The molecule has 29 heavy (non-hydrogen) atoms. The summed E-state index contributed by atoms with van der Waals surface area (Å²) in [5, 5.41) is 7.20. The first-order chi connectivity index (χ1) is 14.1. The summed E-state index contributed by atoms with van der Waals surface area (Å²) >= 11 is 1.51. The lowest BCUT2D eigenvalue weighted by atomic mass is 10.0. The number of rotatable bonds is 6. The van der Waals surface area contributed by atoms with Crippen LogP contribution in [0.25, 0.3) is 0 Å². The minimum Gasteiger partial charge on any atom is -0.459 e. The number of aryl methyl sites for hydroxylation is 2. The van der Waals surface area contributed by atoms with Crippen LogP contribution in [0.5, 0.6) is 0 Å². The smallest absolute Gasteiger partial charge is 0.291 e. The van der Waals surface area contributed by atoms with Gasteiger partial charge in [0.1, 0.15) is 10.8 Å². The molecule has 4 rings (SSSR count). The van der Waals surface area contributed by atoms with Crippen LogP contribution in [0.2, 0.25) is 0 Å². The largest absolute Gasteiger partial charge is 0.459 e. The summed E-state index contributed by atoms with van der Waals surface area (Å²) < 4.78 is 5.22. The first-order valence-electron chi connectivity index (χ1n) is 9.16. The predicted molar refractivity (Wildman–Crippen MR) is 114 cm³/mol. The van der Waals surface area contributed by atoms with E-state index in [2.05, 4.69) is 26.7 Å². The molecule has 7 heteroatoms. The van der Waals surface area contributed by atoms with Crippen LogP contribution < -0.4 is 10.6 Å². The number of pyridine rings is 2. The van der Waals surface area contributed by atoms with Gasteiger partial charge in [0.15, 0.2) is 5.76 Å². The third-order valence-corrected chi connectivity index (χ3v) is 5.31. The number of hydrogen-bond acceptors (Lipinski definition) is 6. The summed E-state index contributed by atoms with van der Waals surface area (Å²) in [6, 6.07) is 16.7. The fraction of sp³-hybridized carbons (Fsp3) is 0.136. The number of aromatic nitrogens is 2. The summed E-state index contributed by atoms with van der Waals surface area (Å²) in [6.45, 7) is 3.96. The molecule has 4 aromatic heterocycles. The molecule has 4 aromatic rings. The molecule has 4 heterocycles. The van der Waals surface area contributed by atoms with Gasteiger partial charge in [-0.15, -0.1) is 11.3 Å². The molecule has 6 nitrogen and oxygen atoms in total. The van der Waals surface area contributed by atoms with Crippen LogP contribution in [0, 0.1) is 13.8 Å². The number of carbonyl (C=O) groups is 1. The zero-order chi connectivity index (χ0) is 20.2. The highest BCUT2D eigenvalue weighted by Crippen LogP contribution is 2.37. The molecule has 1 amide bonds. The van der Waals surface area contributed by atoms with E-state index >= 15 is 0 Å². The van der Waals surface area contributed by atoms with Crippen LogP contribution in [0.3, 0.4) is 0 Å². The number of furan rings is 1. The molecule has 0 fully saturated rings. The van der Waals surface area contributed by atoms with Crippen LogP contribution in [0.1, 0.15) is 38.4 Å². The Morgan fingerprint density at radius 1 is 1.10 bits per heavy atom. The highest BCUT2D eigenvalue weighted by Gasteiger charge is 2.23. The maximum Gasteiger partial charge on any atom is 0.291 e. The van der Waals surface area contributed by atoms with Gasteiger partial charge >= 0.3 is 0 Å². The monoisotopic (exact) mass is 404 g/mol. The standard InChI is InChI=1S/C22H20N4O2S/c1-14-7-5-10-19(24-14)25-20(17-8-3-4-11-23-17)16-13-15(2)29-22(16)26-21(27)18-9-6-12-28-18/h3-13,20H,1-2H3,(H,24,25)(H,26,27)/t20-/m0/s1. The number of nitrogens with zero attached hydrogens (tertiary/aromatic N) is 2. The Morgan fingerprint density at radius 3 is 2.72 bits per heavy atom. The molecule has 1 atom stereocenters. The van der Waals surface area contributed by atoms with E-state index in [1.807, 2.05) is 50.2 Å². The normalized spacial score (nSPS) is 11.8. The molecule has 0 saturated heterocycles. The Bertz CT molecular complexity index is 1110. The number of nitrogens with one attached hydrogen (secondary N) is 2. The summed E-state index contributed by atoms with van der Waals surface area (Å²) in [7, 11) is 0. The van der Waals surface area contributed by atoms with Gasteiger partial charge in [-0.2, -0.15) is 0 Å². The lowest BCUT2D eigenvalue weighted by Crippen LogP contribution is -2.17. The van der Waals surface area contributed by atoms with E-state index in [-0.39, 0.29) is 17.7 Å². The minimum atomic E-state index is -0.286. The Labute approximate surface area is 172 Å². The molecule has 0 unspecified atom stereocenters. The van der Waals surface area contributed by atoms with Crippen LogP contribution in [0.4, 0.5) is 10.8 Å². The maximum atomic E-state index is 12.6. The lowest BCUT2D eigenvalue weighted by molar-refractivity contribution is 0.0997. The molecule has 0 saturated carbocycles. The third kappa shape index (κ3) is 4.35. The molecule has 0 radical (unpaired) electrons. The molecule has 0 aliphatic heterocycles. The van der Waals surface area contributed by atoms with E-state index in [0.717, 1.165) is 32.6 Å². The summed E-state index contributed by atoms with van der Waals surface area (Å²) in [4.78, 5) is 22.7. The summed E-state index contributed by atoms with van der Waals surface area (Å²) in [5.74, 6) is 0.726.